The second-order valence-electron chi connectivity index (χ2n) is 4.70. The summed E-state index contributed by atoms with van der Waals surface area (Å²) >= 11 is 0. The van der Waals surface area contributed by atoms with Crippen LogP contribution < -0.4 is 0 Å². The topological polar surface area (TPSA) is 17.1 Å². The molecule has 0 radical (unpaired) electrons. The van der Waals surface area contributed by atoms with Gasteiger partial charge in [0.1, 0.15) is 0 Å². The highest BCUT2D eigenvalue weighted by Gasteiger charge is 2.02. The molecule has 0 bridgehead atoms. The Morgan fingerprint density at radius 1 is 0.737 bits per heavy atom. The molecule has 1 heteroatoms. The van der Waals surface area contributed by atoms with Gasteiger partial charge in [0.25, 0.3) is 0 Å². The van der Waals surface area contributed by atoms with Crippen molar-refractivity contribution in [1.29, 1.82) is 0 Å². The van der Waals surface area contributed by atoms with Crippen LogP contribution in [0.2, 0.25) is 0 Å². The first-order chi connectivity index (χ1) is 9.24. The van der Waals surface area contributed by atoms with Crippen molar-refractivity contribution in [2.45, 2.75) is 6.92 Å². The van der Waals surface area contributed by atoms with Gasteiger partial charge in [-0.15, -0.1) is 0 Å². The smallest absolute Gasteiger partial charge is 0.159 e. The highest BCUT2D eigenvalue weighted by molar-refractivity contribution is 5.99. The van der Waals surface area contributed by atoms with Crippen LogP contribution in [-0.4, -0.2) is 5.78 Å². The third-order valence-corrected chi connectivity index (χ3v) is 3.35. The van der Waals surface area contributed by atoms with Crippen molar-refractivity contribution in [3.63, 3.8) is 0 Å². The highest BCUT2D eigenvalue weighted by atomic mass is 16.1. The number of carbonyl (C=O) groups is 1. The molecule has 0 saturated carbocycles. The molecular weight excluding hydrogens is 232 g/mol. The monoisotopic (exact) mass is 246 g/mol. The first-order valence-electron chi connectivity index (χ1n) is 6.34. The van der Waals surface area contributed by atoms with Crippen molar-refractivity contribution < 1.29 is 4.79 Å². The van der Waals surface area contributed by atoms with Gasteiger partial charge in [0.05, 0.1) is 0 Å². The average Bonchev–Trinajstić information content (AvgIpc) is 2.47. The van der Waals surface area contributed by atoms with Gasteiger partial charge in [-0.05, 0) is 41.0 Å². The molecule has 0 fully saturated rings. The lowest BCUT2D eigenvalue weighted by atomic mass is 9.99. The lowest BCUT2D eigenvalue weighted by molar-refractivity contribution is 0.101. The van der Waals surface area contributed by atoms with Crippen molar-refractivity contribution in [2.75, 3.05) is 0 Å². The molecule has 19 heavy (non-hydrogen) atoms. The van der Waals surface area contributed by atoms with Gasteiger partial charge < -0.3 is 0 Å². The molecule has 0 heterocycles. The largest absolute Gasteiger partial charge is 0.295 e. The van der Waals surface area contributed by atoms with Crippen LogP contribution in [0.1, 0.15) is 17.3 Å². The number of Topliss-reactive ketones (excluding diaryl/α,β-unsaturated/α-hetero) is 1. The third kappa shape index (κ3) is 2.27. The van der Waals surface area contributed by atoms with E-state index in [1.54, 1.807) is 6.92 Å². The molecule has 0 aromatic heterocycles. The standard InChI is InChI=1S/C18H14O/c1-13(19)15-7-8-18-12-16(9-10-17(18)11-15)14-5-3-2-4-6-14/h2-12H,1H3. The Morgan fingerprint density at radius 3 is 2.16 bits per heavy atom. The Bertz CT molecular complexity index is 742. The van der Waals surface area contributed by atoms with E-state index in [1.807, 2.05) is 36.4 Å². The van der Waals surface area contributed by atoms with Crippen LogP contribution in [0, 0.1) is 0 Å². The van der Waals surface area contributed by atoms with Crippen LogP contribution in [0.3, 0.4) is 0 Å². The summed E-state index contributed by atoms with van der Waals surface area (Å²) in [4.78, 5) is 11.4. The molecule has 0 unspecified atom stereocenters. The van der Waals surface area contributed by atoms with Crippen molar-refractivity contribution in [2.24, 2.45) is 0 Å². The zero-order valence-electron chi connectivity index (χ0n) is 10.8. The van der Waals surface area contributed by atoms with Gasteiger partial charge in [0.2, 0.25) is 0 Å². The molecule has 0 spiro atoms. The van der Waals surface area contributed by atoms with Crippen LogP contribution in [0.5, 0.6) is 0 Å². The summed E-state index contributed by atoms with van der Waals surface area (Å²) in [6.07, 6.45) is 0. The van der Waals surface area contributed by atoms with E-state index in [1.165, 1.54) is 11.1 Å². The number of hydrogen-bond donors (Lipinski definition) is 0. The van der Waals surface area contributed by atoms with E-state index in [9.17, 15) is 4.79 Å². The maximum atomic E-state index is 11.4. The number of ketones is 1. The minimum Gasteiger partial charge on any atom is -0.295 e. The van der Waals surface area contributed by atoms with Crippen molar-refractivity contribution >= 4 is 16.6 Å². The van der Waals surface area contributed by atoms with Crippen molar-refractivity contribution in [3.8, 4) is 11.1 Å². The summed E-state index contributed by atoms with van der Waals surface area (Å²) in [5.41, 5.74) is 3.17. The first-order valence-corrected chi connectivity index (χ1v) is 6.34. The molecule has 0 saturated heterocycles. The van der Waals surface area contributed by atoms with Crippen molar-refractivity contribution in [3.05, 3.63) is 72.3 Å². The van der Waals surface area contributed by atoms with Crippen LogP contribution in [0.15, 0.2) is 66.7 Å². The average molecular weight is 246 g/mol. The van der Waals surface area contributed by atoms with Crippen LogP contribution in [-0.2, 0) is 0 Å². The lowest BCUT2D eigenvalue weighted by Crippen LogP contribution is -1.91. The molecule has 0 aliphatic heterocycles. The van der Waals surface area contributed by atoms with Gasteiger partial charge in [-0.2, -0.15) is 0 Å². The maximum absolute atomic E-state index is 11.4. The van der Waals surface area contributed by atoms with E-state index in [0.29, 0.717) is 0 Å². The molecule has 0 aliphatic rings. The molecule has 1 nitrogen and oxygen atoms in total. The number of carbonyl (C=O) groups excluding carboxylic acids is 1. The molecule has 0 atom stereocenters. The van der Waals surface area contributed by atoms with Gasteiger partial charge in [-0.25, -0.2) is 0 Å². The quantitative estimate of drug-likeness (QED) is 0.598. The van der Waals surface area contributed by atoms with E-state index in [-0.39, 0.29) is 5.78 Å². The lowest BCUT2D eigenvalue weighted by Gasteiger charge is -2.05. The van der Waals surface area contributed by atoms with Gasteiger partial charge in [-0.1, -0.05) is 54.6 Å². The zero-order chi connectivity index (χ0) is 13.2. The molecule has 0 N–H and O–H groups in total. The highest BCUT2D eigenvalue weighted by Crippen LogP contribution is 2.25. The van der Waals surface area contributed by atoms with E-state index in [4.69, 9.17) is 0 Å². The Balaban J connectivity index is 2.12. The Kier molecular flexibility index (Phi) is 2.88. The first kappa shape index (κ1) is 11.7. The normalized spacial score (nSPS) is 10.6. The molecule has 0 aliphatic carbocycles. The van der Waals surface area contributed by atoms with Crippen LogP contribution in [0.4, 0.5) is 0 Å². The number of rotatable bonds is 2. The van der Waals surface area contributed by atoms with Crippen LogP contribution in [0.25, 0.3) is 21.9 Å². The second kappa shape index (κ2) is 4.69. The number of hydrogen-bond acceptors (Lipinski definition) is 1. The third-order valence-electron chi connectivity index (χ3n) is 3.35. The van der Waals surface area contributed by atoms with E-state index < -0.39 is 0 Å². The molecular formula is C18H14O. The molecule has 92 valence electrons. The van der Waals surface area contributed by atoms with E-state index >= 15 is 0 Å². The Labute approximate surface area is 112 Å². The minimum atomic E-state index is 0.106. The fourth-order valence-electron chi connectivity index (χ4n) is 2.27. The fourth-order valence-corrected chi connectivity index (χ4v) is 2.27. The molecule has 0 amide bonds. The summed E-state index contributed by atoms with van der Waals surface area (Å²) in [6, 6.07) is 22.5. The van der Waals surface area contributed by atoms with Gasteiger partial charge in [0.15, 0.2) is 5.78 Å². The van der Waals surface area contributed by atoms with Gasteiger partial charge >= 0.3 is 0 Å². The predicted molar refractivity (Wildman–Crippen MR) is 79.4 cm³/mol. The van der Waals surface area contributed by atoms with Crippen molar-refractivity contribution in [1.82, 2.24) is 0 Å². The summed E-state index contributed by atoms with van der Waals surface area (Å²) in [6.45, 7) is 1.60. The summed E-state index contributed by atoms with van der Waals surface area (Å²) in [5, 5.41) is 2.26. The molecule has 3 aromatic rings. The molecule has 3 rings (SSSR count). The second-order valence-corrected chi connectivity index (χ2v) is 4.70. The maximum Gasteiger partial charge on any atom is 0.159 e. The zero-order valence-corrected chi connectivity index (χ0v) is 10.8. The number of fused-ring (bicyclic) bond motifs is 1. The van der Waals surface area contributed by atoms with E-state index in [2.05, 4.69) is 30.3 Å². The summed E-state index contributed by atoms with van der Waals surface area (Å²) in [7, 11) is 0. The minimum absolute atomic E-state index is 0.106. The summed E-state index contributed by atoms with van der Waals surface area (Å²) in [5.74, 6) is 0.106. The Morgan fingerprint density at radius 2 is 1.42 bits per heavy atom. The SMILES string of the molecule is CC(=O)c1ccc2cc(-c3ccccc3)ccc2c1. The Hall–Kier alpha value is -2.41. The number of benzene rings is 3. The fraction of sp³-hybridized carbons (Fsp3) is 0.0556. The molecule has 3 aromatic carbocycles. The van der Waals surface area contributed by atoms with Crippen LogP contribution >= 0.6 is 0 Å². The van der Waals surface area contributed by atoms with Gasteiger partial charge in [-0.3, -0.25) is 4.79 Å². The van der Waals surface area contributed by atoms with Gasteiger partial charge in [0, 0.05) is 5.56 Å². The van der Waals surface area contributed by atoms with E-state index in [0.717, 1.165) is 16.3 Å². The predicted octanol–water partition coefficient (Wildman–Crippen LogP) is 4.71. The summed E-state index contributed by atoms with van der Waals surface area (Å²) < 4.78 is 0.